The molecular weight excluding hydrogens is 681 g/mol. The first kappa shape index (κ1) is 41.0. The Bertz CT molecular complexity index is 843. The standard InChI is InChI=1S/C46H82S4/c47-40-21-13-9-5-1-3-7-11-15-23-42(40)49-44-33-34-45(50-43-24-16-12-8-4-2-6-10-14-22-41(43)48)46(44)39-31-29-38(30-32-39)37-27-25-36(26-28-37)35-19-17-18-20-35/h35-48H,1-34H2. The minimum atomic E-state index is 0.606. The van der Waals surface area contributed by atoms with Crippen molar-refractivity contribution in [1.29, 1.82) is 0 Å². The molecular formula is C46H82S4. The topological polar surface area (TPSA) is 0 Å². The van der Waals surface area contributed by atoms with Crippen LogP contribution in [0.5, 0.6) is 0 Å². The normalized spacial score (nSPS) is 41.8. The Labute approximate surface area is 332 Å². The second-order valence-corrected chi connectivity index (χ2v) is 23.2. The molecule has 0 saturated heterocycles. The van der Waals surface area contributed by atoms with Crippen LogP contribution in [0.15, 0.2) is 0 Å². The van der Waals surface area contributed by atoms with Crippen LogP contribution < -0.4 is 0 Å². The van der Waals surface area contributed by atoms with E-state index in [1.165, 1.54) is 154 Å². The molecule has 0 bridgehead atoms. The van der Waals surface area contributed by atoms with E-state index in [2.05, 4.69) is 23.5 Å². The second-order valence-electron chi connectivity index (χ2n) is 18.9. The summed E-state index contributed by atoms with van der Waals surface area (Å²) in [6.07, 6.45) is 50.5. The largest absolute Gasteiger partial charge is 0.175 e. The quantitative estimate of drug-likeness (QED) is 0.248. The zero-order chi connectivity index (χ0) is 34.4. The predicted molar refractivity (Wildman–Crippen MR) is 234 cm³/mol. The molecule has 0 spiro atoms. The molecule has 6 unspecified atom stereocenters. The highest BCUT2D eigenvalue weighted by molar-refractivity contribution is 8.02. The maximum atomic E-state index is 5.41. The molecule has 0 aromatic carbocycles. The van der Waals surface area contributed by atoms with E-state index >= 15 is 0 Å². The molecule has 6 atom stereocenters. The first-order valence-electron chi connectivity index (χ1n) is 23.3. The molecule has 6 saturated carbocycles. The van der Waals surface area contributed by atoms with Gasteiger partial charge in [-0.1, -0.05) is 128 Å². The van der Waals surface area contributed by atoms with Crippen LogP contribution in [0, 0.1) is 35.5 Å². The lowest BCUT2D eigenvalue weighted by molar-refractivity contribution is 0.113. The van der Waals surface area contributed by atoms with Gasteiger partial charge in [0.1, 0.15) is 0 Å². The average molecular weight is 763 g/mol. The van der Waals surface area contributed by atoms with Gasteiger partial charge in [0.25, 0.3) is 0 Å². The van der Waals surface area contributed by atoms with Gasteiger partial charge in [-0.25, -0.2) is 0 Å². The van der Waals surface area contributed by atoms with Crippen LogP contribution in [0.3, 0.4) is 0 Å². The molecule has 0 nitrogen and oxygen atoms in total. The molecule has 6 rings (SSSR count). The van der Waals surface area contributed by atoms with Crippen LogP contribution in [-0.2, 0) is 0 Å². The van der Waals surface area contributed by atoms with Crippen LogP contribution in [-0.4, -0.2) is 31.5 Å². The van der Waals surface area contributed by atoms with E-state index in [1.807, 2.05) is 0 Å². The first-order chi connectivity index (χ1) is 24.7. The third-order valence-corrected chi connectivity index (χ3v) is 20.8. The fourth-order valence-corrected chi connectivity index (χ4v) is 17.5. The van der Waals surface area contributed by atoms with Gasteiger partial charge in [0.05, 0.1) is 0 Å². The second kappa shape index (κ2) is 22.8. The average Bonchev–Trinajstić information content (AvgIpc) is 3.82. The van der Waals surface area contributed by atoms with E-state index in [4.69, 9.17) is 25.3 Å². The Morgan fingerprint density at radius 3 is 0.900 bits per heavy atom. The van der Waals surface area contributed by atoms with Gasteiger partial charge in [-0.05, 0) is 125 Å². The molecule has 0 radical (unpaired) electrons. The Kier molecular flexibility index (Phi) is 18.7. The number of thioether (sulfide) groups is 2. The van der Waals surface area contributed by atoms with E-state index in [9.17, 15) is 0 Å². The molecule has 0 aromatic rings. The van der Waals surface area contributed by atoms with Gasteiger partial charge < -0.3 is 0 Å². The summed E-state index contributed by atoms with van der Waals surface area (Å²) in [5.74, 6) is 6.23. The Morgan fingerprint density at radius 2 is 0.520 bits per heavy atom. The summed E-state index contributed by atoms with van der Waals surface area (Å²) in [6.45, 7) is 0. The van der Waals surface area contributed by atoms with Crippen LogP contribution in [0.4, 0.5) is 0 Å². The van der Waals surface area contributed by atoms with Crippen molar-refractivity contribution in [1.82, 2.24) is 0 Å². The van der Waals surface area contributed by atoms with E-state index in [-0.39, 0.29) is 0 Å². The molecule has 0 amide bonds. The number of hydrogen-bond acceptors (Lipinski definition) is 4. The third kappa shape index (κ3) is 12.7. The summed E-state index contributed by atoms with van der Waals surface area (Å²) < 4.78 is 0. The summed E-state index contributed by atoms with van der Waals surface area (Å²) in [5.41, 5.74) is 0. The highest BCUT2D eigenvalue weighted by atomic mass is 32.2. The molecule has 50 heavy (non-hydrogen) atoms. The zero-order valence-corrected chi connectivity index (χ0v) is 36.1. The van der Waals surface area contributed by atoms with Gasteiger partial charge >= 0.3 is 0 Å². The zero-order valence-electron chi connectivity index (χ0n) is 32.7. The van der Waals surface area contributed by atoms with Gasteiger partial charge in [0, 0.05) is 31.5 Å². The number of hydrogen-bond donors (Lipinski definition) is 2. The van der Waals surface area contributed by atoms with Crippen molar-refractivity contribution < 1.29 is 0 Å². The molecule has 0 aliphatic heterocycles. The van der Waals surface area contributed by atoms with E-state index in [1.54, 1.807) is 64.2 Å². The SMILES string of the molecule is SC1CCCCCCCCCCC1SC1CCC(SC2CCCCCCCCCCC2S)C1C1CCC(C2CCC(C3CCCC3)CC2)CC1. The first-order valence-corrected chi connectivity index (χ1v) is 26.2. The van der Waals surface area contributed by atoms with E-state index in [0.29, 0.717) is 10.5 Å². The molecule has 290 valence electrons. The summed E-state index contributed by atoms with van der Waals surface area (Å²) in [4.78, 5) is 0. The lowest BCUT2D eigenvalue weighted by atomic mass is 9.65. The van der Waals surface area contributed by atoms with Crippen molar-refractivity contribution in [3.63, 3.8) is 0 Å². The third-order valence-electron chi connectivity index (χ3n) is 15.5. The van der Waals surface area contributed by atoms with E-state index < -0.39 is 0 Å². The highest BCUT2D eigenvalue weighted by Crippen LogP contribution is 2.54. The highest BCUT2D eigenvalue weighted by Gasteiger charge is 2.46. The van der Waals surface area contributed by atoms with E-state index in [0.717, 1.165) is 56.5 Å². The summed E-state index contributed by atoms with van der Waals surface area (Å²) >= 11 is 15.8. The lowest BCUT2D eigenvalue weighted by Gasteiger charge is -2.43. The van der Waals surface area contributed by atoms with Crippen molar-refractivity contribution in [2.45, 2.75) is 250 Å². The molecule has 6 fully saturated rings. The Hall–Kier alpha value is 1.40. The minimum Gasteiger partial charge on any atom is -0.175 e. The van der Waals surface area contributed by atoms with Gasteiger partial charge in [-0.15, -0.1) is 0 Å². The number of thiol groups is 2. The van der Waals surface area contributed by atoms with Crippen LogP contribution >= 0.6 is 48.8 Å². The molecule has 6 aliphatic rings. The van der Waals surface area contributed by atoms with Crippen molar-refractivity contribution >= 4 is 48.8 Å². The van der Waals surface area contributed by atoms with Crippen molar-refractivity contribution in [3.05, 3.63) is 0 Å². The van der Waals surface area contributed by atoms with Crippen molar-refractivity contribution in [3.8, 4) is 0 Å². The maximum Gasteiger partial charge on any atom is 0.0166 e. The Morgan fingerprint density at radius 1 is 0.240 bits per heavy atom. The fraction of sp³-hybridized carbons (Fsp3) is 1.00. The molecule has 0 heterocycles. The molecule has 4 heteroatoms. The summed E-state index contributed by atoms with van der Waals surface area (Å²) in [5, 5.41) is 4.53. The monoisotopic (exact) mass is 763 g/mol. The van der Waals surface area contributed by atoms with Gasteiger partial charge in [0.15, 0.2) is 0 Å². The van der Waals surface area contributed by atoms with Crippen molar-refractivity contribution in [2.24, 2.45) is 35.5 Å². The molecule has 0 N–H and O–H groups in total. The minimum absolute atomic E-state index is 0.606. The predicted octanol–water partition coefficient (Wildman–Crippen LogP) is 15.6. The summed E-state index contributed by atoms with van der Waals surface area (Å²) in [6, 6.07) is 0. The molecule has 6 aliphatic carbocycles. The van der Waals surface area contributed by atoms with Gasteiger partial charge in [0.2, 0.25) is 0 Å². The molecule has 0 aromatic heterocycles. The van der Waals surface area contributed by atoms with Crippen molar-refractivity contribution in [2.75, 3.05) is 0 Å². The number of rotatable bonds is 7. The van der Waals surface area contributed by atoms with Crippen LogP contribution in [0.25, 0.3) is 0 Å². The van der Waals surface area contributed by atoms with Gasteiger partial charge in [-0.2, -0.15) is 48.8 Å². The lowest BCUT2D eigenvalue weighted by Crippen LogP contribution is -2.36. The fourth-order valence-electron chi connectivity index (χ4n) is 12.4. The van der Waals surface area contributed by atoms with Crippen LogP contribution in [0.2, 0.25) is 0 Å². The summed E-state index contributed by atoms with van der Waals surface area (Å²) in [7, 11) is 0. The maximum absolute atomic E-state index is 5.41. The smallest absolute Gasteiger partial charge is 0.0166 e. The Balaban J connectivity index is 1.10. The van der Waals surface area contributed by atoms with Crippen LogP contribution in [0.1, 0.15) is 218 Å². The van der Waals surface area contributed by atoms with Gasteiger partial charge in [-0.3, -0.25) is 0 Å².